The van der Waals surface area contributed by atoms with Gasteiger partial charge in [-0.05, 0) is 55.6 Å². The van der Waals surface area contributed by atoms with Crippen molar-refractivity contribution in [3.05, 3.63) is 21.9 Å². The van der Waals surface area contributed by atoms with Gasteiger partial charge in [0.25, 0.3) is 0 Å². The van der Waals surface area contributed by atoms with Crippen molar-refractivity contribution in [1.29, 1.82) is 0 Å². The normalized spacial score (nSPS) is 16.2. The summed E-state index contributed by atoms with van der Waals surface area (Å²) in [6.07, 6.45) is 2.87. The first-order valence-corrected chi connectivity index (χ1v) is 7.81. The molecule has 5 nitrogen and oxygen atoms in total. The molecule has 0 spiro atoms. The van der Waals surface area contributed by atoms with Gasteiger partial charge in [-0.3, -0.25) is 0 Å². The minimum absolute atomic E-state index is 0.339. The molecular weight excluding hydrogens is 360 g/mol. The van der Waals surface area contributed by atoms with E-state index in [1.807, 2.05) is 20.8 Å². The number of rotatable bonds is 4. The highest BCUT2D eigenvalue weighted by atomic mass is 79.9. The van der Waals surface area contributed by atoms with E-state index >= 15 is 0 Å². The van der Waals surface area contributed by atoms with E-state index in [2.05, 4.69) is 26.2 Å². The van der Waals surface area contributed by atoms with Crippen LogP contribution in [0.15, 0.2) is 16.7 Å². The van der Waals surface area contributed by atoms with E-state index in [0.29, 0.717) is 22.0 Å². The Morgan fingerprint density at radius 2 is 2.19 bits per heavy atom. The van der Waals surface area contributed by atoms with Crippen LogP contribution in [0.3, 0.4) is 0 Å². The third-order valence-corrected chi connectivity index (χ3v) is 4.04. The van der Waals surface area contributed by atoms with Gasteiger partial charge in [0.1, 0.15) is 23.1 Å². The first-order valence-electron chi connectivity index (χ1n) is 6.64. The Labute approximate surface area is 137 Å². The molecule has 21 heavy (non-hydrogen) atoms. The van der Waals surface area contributed by atoms with E-state index in [0.717, 1.165) is 12.8 Å². The lowest BCUT2D eigenvalue weighted by Gasteiger charge is -2.23. The van der Waals surface area contributed by atoms with Crippen molar-refractivity contribution in [2.75, 3.05) is 6.61 Å². The lowest BCUT2D eigenvalue weighted by atomic mass is 10.2. The van der Waals surface area contributed by atoms with Crippen molar-refractivity contribution in [3.8, 4) is 5.75 Å². The number of ether oxygens (including phenoxy) is 2. The molecule has 1 heterocycles. The summed E-state index contributed by atoms with van der Waals surface area (Å²) in [5.41, 5.74) is -0.847. The van der Waals surface area contributed by atoms with E-state index in [9.17, 15) is 4.79 Å². The van der Waals surface area contributed by atoms with Gasteiger partial charge < -0.3 is 14.8 Å². The van der Waals surface area contributed by atoms with Gasteiger partial charge in [0.2, 0.25) is 0 Å². The number of pyridine rings is 1. The van der Waals surface area contributed by atoms with E-state index in [4.69, 9.17) is 21.1 Å². The number of hydrogen-bond donors (Lipinski definition) is 1. The highest BCUT2D eigenvalue weighted by Crippen LogP contribution is 2.36. The van der Waals surface area contributed by atoms with Crippen LogP contribution in [0.25, 0.3) is 0 Å². The smallest absolute Gasteiger partial charge is 0.408 e. The average molecular weight is 378 g/mol. The molecule has 1 aliphatic carbocycles. The van der Waals surface area contributed by atoms with E-state index in [-0.39, 0.29) is 5.54 Å². The second-order valence-electron chi connectivity index (χ2n) is 6.14. The van der Waals surface area contributed by atoms with Crippen molar-refractivity contribution in [3.63, 3.8) is 0 Å². The van der Waals surface area contributed by atoms with E-state index in [1.165, 1.54) is 0 Å². The Morgan fingerprint density at radius 1 is 1.52 bits per heavy atom. The maximum atomic E-state index is 11.8. The van der Waals surface area contributed by atoms with Gasteiger partial charge in [-0.15, -0.1) is 0 Å². The molecule has 0 aliphatic heterocycles. The SMILES string of the molecule is CC(C)(C)OC(=O)NC1(COc2cnc(Cl)c(Br)c2)CC1. The average Bonchev–Trinajstić information content (AvgIpc) is 3.08. The van der Waals surface area contributed by atoms with E-state index in [1.54, 1.807) is 12.3 Å². The van der Waals surface area contributed by atoms with Gasteiger partial charge in [0, 0.05) is 0 Å². The van der Waals surface area contributed by atoms with Gasteiger partial charge in [0.15, 0.2) is 0 Å². The first kappa shape index (κ1) is 16.4. The summed E-state index contributed by atoms with van der Waals surface area (Å²) in [6, 6.07) is 1.75. The maximum absolute atomic E-state index is 11.8. The van der Waals surface area contributed by atoms with Gasteiger partial charge in [0.05, 0.1) is 16.2 Å². The van der Waals surface area contributed by atoms with Crippen molar-refractivity contribution >= 4 is 33.6 Å². The van der Waals surface area contributed by atoms with Crippen molar-refractivity contribution in [2.45, 2.75) is 44.8 Å². The molecule has 1 N–H and O–H groups in total. The molecule has 0 atom stereocenters. The molecule has 1 aromatic heterocycles. The molecule has 0 saturated heterocycles. The van der Waals surface area contributed by atoms with Crippen LogP contribution >= 0.6 is 27.5 Å². The predicted octanol–water partition coefficient (Wildman–Crippen LogP) is 3.93. The molecule has 1 amide bonds. The highest BCUT2D eigenvalue weighted by Gasteiger charge is 2.46. The molecule has 0 bridgehead atoms. The summed E-state index contributed by atoms with van der Waals surface area (Å²) in [7, 11) is 0. The Balaban J connectivity index is 1.87. The molecule has 1 aliphatic rings. The number of nitrogens with zero attached hydrogens (tertiary/aromatic N) is 1. The Bertz CT molecular complexity index is 542. The lowest BCUT2D eigenvalue weighted by molar-refractivity contribution is 0.0477. The van der Waals surface area contributed by atoms with Crippen LogP contribution < -0.4 is 10.1 Å². The number of hydrogen-bond acceptors (Lipinski definition) is 4. The molecular formula is C14H18BrClN2O3. The number of carbonyl (C=O) groups excluding carboxylic acids is 1. The number of nitrogens with one attached hydrogen (secondary N) is 1. The Morgan fingerprint density at radius 3 is 2.71 bits per heavy atom. The predicted molar refractivity (Wildman–Crippen MR) is 83.8 cm³/mol. The fourth-order valence-electron chi connectivity index (χ4n) is 1.68. The van der Waals surface area contributed by atoms with Crippen LogP contribution in [0, 0.1) is 0 Å². The fraction of sp³-hybridized carbons (Fsp3) is 0.571. The topological polar surface area (TPSA) is 60.5 Å². The molecule has 116 valence electrons. The summed E-state index contributed by atoms with van der Waals surface area (Å²) in [5, 5.41) is 3.26. The Hall–Kier alpha value is -1.01. The molecule has 7 heteroatoms. The number of halogens is 2. The zero-order valence-corrected chi connectivity index (χ0v) is 14.5. The molecule has 1 aromatic rings. The maximum Gasteiger partial charge on any atom is 0.408 e. The lowest BCUT2D eigenvalue weighted by Crippen LogP contribution is -2.44. The second kappa shape index (κ2) is 6.01. The third-order valence-electron chi connectivity index (χ3n) is 2.91. The largest absolute Gasteiger partial charge is 0.489 e. The monoisotopic (exact) mass is 376 g/mol. The summed E-state index contributed by atoms with van der Waals surface area (Å²) in [4.78, 5) is 15.8. The highest BCUT2D eigenvalue weighted by molar-refractivity contribution is 9.10. The molecule has 0 unspecified atom stereocenters. The molecule has 1 fully saturated rings. The van der Waals surface area contributed by atoms with E-state index < -0.39 is 11.7 Å². The molecule has 2 rings (SSSR count). The quantitative estimate of drug-likeness (QED) is 0.808. The van der Waals surface area contributed by atoms with Crippen molar-refractivity contribution < 1.29 is 14.3 Å². The molecule has 1 saturated carbocycles. The van der Waals surface area contributed by atoms with Gasteiger partial charge in [-0.2, -0.15) is 0 Å². The zero-order valence-electron chi connectivity index (χ0n) is 12.2. The van der Waals surface area contributed by atoms with Crippen LogP contribution in [0.5, 0.6) is 5.75 Å². The minimum atomic E-state index is -0.508. The Kier molecular flexibility index (Phi) is 4.68. The number of carbonyl (C=O) groups is 1. The fourth-order valence-corrected chi connectivity index (χ4v) is 2.11. The standard InChI is InChI=1S/C14H18BrClN2O3/c1-13(2,3)21-12(19)18-14(4-5-14)8-20-9-6-10(15)11(16)17-7-9/h6-7H,4-5,8H2,1-3H3,(H,18,19). The number of amides is 1. The summed E-state index contributed by atoms with van der Waals surface area (Å²) in [6.45, 7) is 5.88. The zero-order chi connectivity index (χ0) is 15.7. The van der Waals surface area contributed by atoms with Gasteiger partial charge in [-0.1, -0.05) is 11.6 Å². The van der Waals surface area contributed by atoms with Gasteiger partial charge >= 0.3 is 6.09 Å². The molecule has 0 radical (unpaired) electrons. The molecule has 0 aromatic carbocycles. The van der Waals surface area contributed by atoms with Crippen LogP contribution in [-0.4, -0.2) is 28.8 Å². The minimum Gasteiger partial charge on any atom is -0.489 e. The summed E-state index contributed by atoms with van der Waals surface area (Å²) >= 11 is 9.12. The number of aromatic nitrogens is 1. The van der Waals surface area contributed by atoms with Gasteiger partial charge in [-0.25, -0.2) is 9.78 Å². The second-order valence-corrected chi connectivity index (χ2v) is 7.35. The third kappa shape index (κ3) is 5.04. The van der Waals surface area contributed by atoms with Crippen molar-refractivity contribution in [2.24, 2.45) is 0 Å². The summed E-state index contributed by atoms with van der Waals surface area (Å²) in [5.74, 6) is 0.600. The first-order chi connectivity index (χ1) is 9.69. The van der Waals surface area contributed by atoms with Crippen LogP contribution in [0.4, 0.5) is 4.79 Å². The number of alkyl carbamates (subject to hydrolysis) is 1. The van der Waals surface area contributed by atoms with Crippen molar-refractivity contribution in [1.82, 2.24) is 10.3 Å². The van der Waals surface area contributed by atoms with Crippen LogP contribution in [0.2, 0.25) is 5.15 Å². The van der Waals surface area contributed by atoms with Crippen LogP contribution in [0.1, 0.15) is 33.6 Å². The van der Waals surface area contributed by atoms with Crippen LogP contribution in [-0.2, 0) is 4.74 Å². The summed E-state index contributed by atoms with van der Waals surface area (Å²) < 4.78 is 11.6.